The van der Waals surface area contributed by atoms with Crippen molar-refractivity contribution in [2.75, 3.05) is 18.5 Å². The Bertz CT molecular complexity index is 850. The lowest BCUT2D eigenvalue weighted by Crippen LogP contribution is -2.20. The molecule has 0 saturated carbocycles. The molecular weight excluding hydrogens is 346 g/mol. The van der Waals surface area contributed by atoms with E-state index in [9.17, 15) is 9.59 Å². The van der Waals surface area contributed by atoms with Gasteiger partial charge in [0, 0.05) is 31.1 Å². The molecule has 2 aromatic rings. The third-order valence-electron chi connectivity index (χ3n) is 3.25. The van der Waals surface area contributed by atoms with Crippen molar-refractivity contribution in [1.82, 2.24) is 20.3 Å². The SMILES string of the molecule is C=C(/C=C\NC(C)=O)COCC(=O)Nc1nc(-c2ccccn2)ncc1C. The molecule has 0 aliphatic carbocycles. The molecule has 27 heavy (non-hydrogen) atoms. The number of hydrogen-bond acceptors (Lipinski definition) is 6. The molecule has 0 spiro atoms. The molecule has 0 fully saturated rings. The Hall–Kier alpha value is -3.39. The highest BCUT2D eigenvalue weighted by Gasteiger charge is 2.10. The summed E-state index contributed by atoms with van der Waals surface area (Å²) in [4.78, 5) is 35.6. The zero-order chi connectivity index (χ0) is 19.6. The molecule has 0 radical (unpaired) electrons. The summed E-state index contributed by atoms with van der Waals surface area (Å²) in [6.07, 6.45) is 6.35. The van der Waals surface area contributed by atoms with Gasteiger partial charge >= 0.3 is 0 Å². The van der Waals surface area contributed by atoms with Gasteiger partial charge in [-0.25, -0.2) is 9.97 Å². The maximum atomic E-state index is 12.1. The Morgan fingerprint density at radius 2 is 2.07 bits per heavy atom. The minimum absolute atomic E-state index is 0.157. The highest BCUT2D eigenvalue weighted by molar-refractivity contribution is 5.91. The molecule has 2 aromatic heterocycles. The number of anilines is 1. The summed E-state index contributed by atoms with van der Waals surface area (Å²) in [5, 5.41) is 5.20. The van der Waals surface area contributed by atoms with Gasteiger partial charge in [-0.15, -0.1) is 0 Å². The predicted molar refractivity (Wildman–Crippen MR) is 102 cm³/mol. The summed E-state index contributed by atoms with van der Waals surface area (Å²) < 4.78 is 5.31. The highest BCUT2D eigenvalue weighted by Crippen LogP contribution is 2.16. The molecule has 2 heterocycles. The molecule has 8 heteroatoms. The third-order valence-corrected chi connectivity index (χ3v) is 3.25. The van der Waals surface area contributed by atoms with E-state index in [4.69, 9.17) is 4.74 Å². The molecule has 140 valence electrons. The maximum absolute atomic E-state index is 12.1. The monoisotopic (exact) mass is 367 g/mol. The lowest BCUT2D eigenvalue weighted by atomic mass is 10.3. The maximum Gasteiger partial charge on any atom is 0.251 e. The van der Waals surface area contributed by atoms with Crippen molar-refractivity contribution in [3.63, 3.8) is 0 Å². The second kappa shape index (κ2) is 9.93. The molecule has 0 saturated heterocycles. The fourth-order valence-electron chi connectivity index (χ4n) is 1.95. The average molecular weight is 367 g/mol. The molecule has 0 bridgehead atoms. The van der Waals surface area contributed by atoms with Crippen LogP contribution >= 0.6 is 0 Å². The van der Waals surface area contributed by atoms with Gasteiger partial charge in [-0.3, -0.25) is 14.6 Å². The second-order valence-electron chi connectivity index (χ2n) is 5.67. The Labute approximate surface area is 157 Å². The van der Waals surface area contributed by atoms with Crippen LogP contribution in [0.3, 0.4) is 0 Å². The van der Waals surface area contributed by atoms with Crippen LogP contribution in [0, 0.1) is 6.92 Å². The van der Waals surface area contributed by atoms with Gasteiger partial charge in [0.25, 0.3) is 5.91 Å². The van der Waals surface area contributed by atoms with E-state index in [2.05, 4.69) is 32.2 Å². The quantitative estimate of drug-likeness (QED) is 0.691. The van der Waals surface area contributed by atoms with Gasteiger partial charge in [0.2, 0.25) is 5.91 Å². The highest BCUT2D eigenvalue weighted by atomic mass is 16.5. The summed E-state index contributed by atoms with van der Waals surface area (Å²) in [6, 6.07) is 5.43. The predicted octanol–water partition coefficient (Wildman–Crippen LogP) is 2.01. The van der Waals surface area contributed by atoms with Crippen LogP contribution < -0.4 is 10.6 Å². The van der Waals surface area contributed by atoms with E-state index in [1.54, 1.807) is 37.5 Å². The molecular formula is C19H21N5O3. The lowest BCUT2D eigenvalue weighted by molar-refractivity contribution is -0.120. The van der Waals surface area contributed by atoms with Crippen molar-refractivity contribution in [3.05, 3.63) is 60.6 Å². The van der Waals surface area contributed by atoms with E-state index < -0.39 is 0 Å². The minimum Gasteiger partial charge on any atom is -0.367 e. The molecule has 0 atom stereocenters. The van der Waals surface area contributed by atoms with Crippen LogP contribution in [0.15, 0.2) is 55.0 Å². The van der Waals surface area contributed by atoms with Crippen LogP contribution in [0.4, 0.5) is 5.82 Å². The summed E-state index contributed by atoms with van der Waals surface area (Å²) in [6.45, 7) is 6.97. The number of amides is 2. The number of nitrogens with zero attached hydrogens (tertiary/aromatic N) is 3. The third kappa shape index (κ3) is 6.79. The van der Waals surface area contributed by atoms with Gasteiger partial charge in [-0.1, -0.05) is 12.6 Å². The Kier molecular flexibility index (Phi) is 7.33. The van der Waals surface area contributed by atoms with Crippen molar-refractivity contribution in [2.45, 2.75) is 13.8 Å². The normalized spacial score (nSPS) is 10.6. The number of nitrogens with one attached hydrogen (secondary N) is 2. The molecule has 0 aliphatic heterocycles. The summed E-state index contributed by atoms with van der Waals surface area (Å²) >= 11 is 0. The topological polar surface area (TPSA) is 106 Å². The van der Waals surface area contributed by atoms with Gasteiger partial charge < -0.3 is 15.4 Å². The van der Waals surface area contributed by atoms with Crippen LogP contribution in [-0.4, -0.2) is 40.0 Å². The fraction of sp³-hybridized carbons (Fsp3) is 0.211. The molecule has 0 aromatic carbocycles. The standard InChI is InChI=1S/C19H21N5O3/c1-13(7-9-20-15(3)25)11-27-12-17(26)23-18-14(2)10-22-19(24-18)16-6-4-5-8-21-16/h4-10H,1,11-12H2,2-3H3,(H,20,25)(H,22,23,24,26)/b9-7-. The summed E-state index contributed by atoms with van der Waals surface area (Å²) in [5.41, 5.74) is 1.96. The van der Waals surface area contributed by atoms with Crippen LogP contribution in [0.25, 0.3) is 11.5 Å². The van der Waals surface area contributed by atoms with Crippen molar-refractivity contribution < 1.29 is 14.3 Å². The van der Waals surface area contributed by atoms with Gasteiger partial charge in [0.15, 0.2) is 5.82 Å². The summed E-state index contributed by atoms with van der Waals surface area (Å²) in [7, 11) is 0. The first kappa shape index (κ1) is 19.9. The van der Waals surface area contributed by atoms with Crippen molar-refractivity contribution >= 4 is 17.6 Å². The van der Waals surface area contributed by atoms with E-state index in [1.165, 1.54) is 13.1 Å². The van der Waals surface area contributed by atoms with E-state index in [1.807, 2.05) is 6.07 Å². The number of carbonyl (C=O) groups excluding carboxylic acids is 2. The van der Waals surface area contributed by atoms with Crippen LogP contribution in [0.1, 0.15) is 12.5 Å². The number of hydrogen-bond donors (Lipinski definition) is 2. The van der Waals surface area contributed by atoms with Gasteiger partial charge in [0.05, 0.1) is 6.61 Å². The first-order valence-corrected chi connectivity index (χ1v) is 8.20. The van der Waals surface area contributed by atoms with Crippen molar-refractivity contribution in [1.29, 1.82) is 0 Å². The number of aryl methyl sites for hydroxylation is 1. The zero-order valence-electron chi connectivity index (χ0n) is 15.2. The van der Waals surface area contributed by atoms with E-state index in [-0.39, 0.29) is 25.0 Å². The van der Waals surface area contributed by atoms with E-state index in [0.717, 1.165) is 5.56 Å². The largest absolute Gasteiger partial charge is 0.367 e. The van der Waals surface area contributed by atoms with Gasteiger partial charge in [-0.2, -0.15) is 0 Å². The van der Waals surface area contributed by atoms with E-state index in [0.29, 0.717) is 22.9 Å². The van der Waals surface area contributed by atoms with E-state index >= 15 is 0 Å². The number of pyridine rings is 1. The van der Waals surface area contributed by atoms with Crippen molar-refractivity contribution in [2.24, 2.45) is 0 Å². The minimum atomic E-state index is -0.345. The Balaban J connectivity index is 1.87. The Morgan fingerprint density at radius 3 is 2.78 bits per heavy atom. The van der Waals surface area contributed by atoms with Gasteiger partial charge in [0.1, 0.15) is 18.1 Å². The number of carbonyl (C=O) groups is 2. The number of aromatic nitrogens is 3. The van der Waals surface area contributed by atoms with Crippen LogP contribution in [0.2, 0.25) is 0 Å². The summed E-state index contributed by atoms with van der Waals surface area (Å²) in [5.74, 6) is 0.310. The average Bonchev–Trinajstić information content (AvgIpc) is 2.64. The fourth-order valence-corrected chi connectivity index (χ4v) is 1.95. The number of rotatable bonds is 8. The van der Waals surface area contributed by atoms with Gasteiger partial charge in [-0.05, 0) is 30.7 Å². The smallest absolute Gasteiger partial charge is 0.251 e. The zero-order valence-corrected chi connectivity index (χ0v) is 15.2. The molecule has 2 amide bonds. The second-order valence-corrected chi connectivity index (χ2v) is 5.67. The first-order chi connectivity index (χ1) is 13.0. The molecule has 0 unspecified atom stereocenters. The lowest BCUT2D eigenvalue weighted by Gasteiger charge is -2.09. The van der Waals surface area contributed by atoms with Crippen molar-refractivity contribution in [3.8, 4) is 11.5 Å². The molecule has 8 nitrogen and oxygen atoms in total. The molecule has 2 N–H and O–H groups in total. The molecule has 2 rings (SSSR count). The van der Waals surface area contributed by atoms with Crippen LogP contribution in [-0.2, 0) is 14.3 Å². The first-order valence-electron chi connectivity index (χ1n) is 8.20. The molecule has 0 aliphatic rings. The Morgan fingerprint density at radius 1 is 1.26 bits per heavy atom. The van der Waals surface area contributed by atoms with Crippen LogP contribution in [0.5, 0.6) is 0 Å². The number of ether oxygens (including phenoxy) is 1.